The highest BCUT2D eigenvalue weighted by atomic mass is 35.5. The van der Waals surface area contributed by atoms with Gasteiger partial charge in [-0.15, -0.1) is 0 Å². The number of hydrogen-bond donors (Lipinski definition) is 2. The molecule has 0 radical (unpaired) electrons. The van der Waals surface area contributed by atoms with E-state index in [1.807, 2.05) is 0 Å². The van der Waals surface area contributed by atoms with Crippen molar-refractivity contribution in [3.8, 4) is 16.9 Å². The number of ether oxygens (including phenoxy) is 1. The summed E-state index contributed by atoms with van der Waals surface area (Å²) in [6, 6.07) is 17.1. The Balaban J connectivity index is 1.72. The van der Waals surface area contributed by atoms with Crippen LogP contribution in [0.1, 0.15) is 30.7 Å². The van der Waals surface area contributed by atoms with Crippen LogP contribution in [0.5, 0.6) is 5.75 Å². The predicted molar refractivity (Wildman–Crippen MR) is 158 cm³/mol. The molecule has 0 bridgehead atoms. The highest BCUT2D eigenvalue weighted by molar-refractivity contribution is 6.32. The normalized spacial score (nSPS) is 16.5. The predicted octanol–water partition coefficient (Wildman–Crippen LogP) is 6.41. The number of methoxy groups -OCH3 is 1. The van der Waals surface area contributed by atoms with Gasteiger partial charge >= 0.3 is 0 Å². The molecular weight excluding hydrogens is 531 g/mol. The fourth-order valence-corrected chi connectivity index (χ4v) is 4.77. The SMILES string of the molecule is COc1cc(C(N)=C2C(N)=CCC=NC2=NC(C)c2oc3ccccc3c(=O)c2-c2cccc(F)c2)ccc1Cl. The van der Waals surface area contributed by atoms with Gasteiger partial charge in [-0.3, -0.25) is 9.79 Å². The van der Waals surface area contributed by atoms with Crippen LogP contribution in [0.3, 0.4) is 0 Å². The largest absolute Gasteiger partial charge is 0.495 e. The smallest absolute Gasteiger partial charge is 0.200 e. The second-order valence-corrected chi connectivity index (χ2v) is 9.56. The molecular formula is C31H26ClFN4O3. The maximum atomic E-state index is 14.2. The summed E-state index contributed by atoms with van der Waals surface area (Å²) in [5.41, 5.74) is 15.5. The van der Waals surface area contributed by atoms with Gasteiger partial charge in [-0.2, -0.15) is 0 Å². The van der Waals surface area contributed by atoms with E-state index in [1.165, 1.54) is 19.2 Å². The summed E-state index contributed by atoms with van der Waals surface area (Å²) in [4.78, 5) is 23.1. The Morgan fingerprint density at radius 2 is 1.95 bits per heavy atom. The summed E-state index contributed by atoms with van der Waals surface area (Å²) in [7, 11) is 1.51. The van der Waals surface area contributed by atoms with Crippen molar-refractivity contribution in [1.29, 1.82) is 0 Å². The van der Waals surface area contributed by atoms with Crippen molar-refractivity contribution >= 4 is 40.3 Å². The number of nitrogens with zero attached hydrogens (tertiary/aromatic N) is 2. The van der Waals surface area contributed by atoms with Gasteiger partial charge in [0.25, 0.3) is 0 Å². The fourth-order valence-electron chi connectivity index (χ4n) is 4.57. The lowest BCUT2D eigenvalue weighted by Gasteiger charge is -2.17. The summed E-state index contributed by atoms with van der Waals surface area (Å²) in [6.07, 6.45) is 3.94. The molecule has 3 aromatic carbocycles. The number of allylic oxidation sites excluding steroid dienone is 1. The van der Waals surface area contributed by atoms with E-state index in [2.05, 4.69) is 4.99 Å². The van der Waals surface area contributed by atoms with Gasteiger partial charge < -0.3 is 20.6 Å². The van der Waals surface area contributed by atoms with Crippen LogP contribution in [-0.4, -0.2) is 19.2 Å². The zero-order valence-corrected chi connectivity index (χ0v) is 22.6. The third-order valence-corrected chi connectivity index (χ3v) is 6.85. The first-order valence-electron chi connectivity index (χ1n) is 12.5. The van der Waals surface area contributed by atoms with Crippen molar-refractivity contribution in [1.82, 2.24) is 0 Å². The molecule has 1 atom stereocenters. The Kier molecular flexibility index (Phi) is 7.53. The van der Waals surface area contributed by atoms with Crippen LogP contribution in [0.15, 0.2) is 103 Å². The first-order valence-corrected chi connectivity index (χ1v) is 12.9. The van der Waals surface area contributed by atoms with E-state index in [0.717, 1.165) is 0 Å². The van der Waals surface area contributed by atoms with Gasteiger partial charge in [0.2, 0.25) is 5.43 Å². The van der Waals surface area contributed by atoms with E-state index >= 15 is 0 Å². The van der Waals surface area contributed by atoms with Crippen LogP contribution < -0.4 is 21.6 Å². The Morgan fingerprint density at radius 3 is 2.73 bits per heavy atom. The van der Waals surface area contributed by atoms with Gasteiger partial charge in [-0.05, 0) is 48.9 Å². The molecule has 40 heavy (non-hydrogen) atoms. The Hall–Kier alpha value is -4.69. The number of para-hydroxylation sites is 1. The molecule has 1 aromatic heterocycles. The van der Waals surface area contributed by atoms with Crippen LogP contribution >= 0.6 is 11.6 Å². The van der Waals surface area contributed by atoms with Crippen molar-refractivity contribution in [2.24, 2.45) is 21.5 Å². The quantitative estimate of drug-likeness (QED) is 0.295. The van der Waals surface area contributed by atoms with Gasteiger partial charge in [0.05, 0.1) is 34.4 Å². The van der Waals surface area contributed by atoms with Crippen LogP contribution in [0, 0.1) is 5.82 Å². The molecule has 0 spiro atoms. The minimum atomic E-state index is -0.726. The first-order chi connectivity index (χ1) is 19.3. The summed E-state index contributed by atoms with van der Waals surface area (Å²) in [5, 5.41) is 0.816. The van der Waals surface area contributed by atoms with Crippen molar-refractivity contribution in [2.75, 3.05) is 7.11 Å². The monoisotopic (exact) mass is 556 g/mol. The molecule has 4 N–H and O–H groups in total. The second kappa shape index (κ2) is 11.2. The molecule has 9 heteroatoms. The molecule has 2 heterocycles. The molecule has 0 aliphatic carbocycles. The highest BCUT2D eigenvalue weighted by Crippen LogP contribution is 2.33. The molecule has 1 aliphatic rings. The molecule has 5 rings (SSSR count). The molecule has 0 saturated carbocycles. The Bertz CT molecular complexity index is 1810. The average Bonchev–Trinajstić information content (AvgIpc) is 3.13. The minimum absolute atomic E-state index is 0.220. The van der Waals surface area contributed by atoms with Crippen molar-refractivity contribution in [3.63, 3.8) is 0 Å². The molecule has 0 saturated heterocycles. The maximum Gasteiger partial charge on any atom is 0.200 e. The number of hydrogen-bond acceptors (Lipinski definition) is 6. The molecule has 7 nitrogen and oxygen atoms in total. The summed E-state index contributed by atoms with van der Waals surface area (Å²) >= 11 is 6.21. The molecule has 1 unspecified atom stereocenters. The van der Waals surface area contributed by atoms with E-state index < -0.39 is 11.9 Å². The lowest BCUT2D eigenvalue weighted by atomic mass is 9.99. The molecule has 202 valence electrons. The lowest BCUT2D eigenvalue weighted by Crippen LogP contribution is -2.16. The summed E-state index contributed by atoms with van der Waals surface area (Å²) in [5.74, 6) is 0.491. The van der Waals surface area contributed by atoms with Gasteiger partial charge in [0.1, 0.15) is 29.0 Å². The minimum Gasteiger partial charge on any atom is -0.495 e. The van der Waals surface area contributed by atoms with Crippen LogP contribution in [0.4, 0.5) is 4.39 Å². The number of benzene rings is 3. The lowest BCUT2D eigenvalue weighted by molar-refractivity contribution is 0.415. The number of halogens is 2. The second-order valence-electron chi connectivity index (χ2n) is 9.15. The van der Waals surface area contributed by atoms with Crippen molar-refractivity contribution < 1.29 is 13.5 Å². The number of rotatable bonds is 5. The third-order valence-electron chi connectivity index (χ3n) is 6.53. The van der Waals surface area contributed by atoms with E-state index in [0.29, 0.717) is 56.3 Å². The van der Waals surface area contributed by atoms with Gasteiger partial charge in [0.15, 0.2) is 5.84 Å². The zero-order valence-electron chi connectivity index (χ0n) is 21.8. The van der Waals surface area contributed by atoms with Crippen LogP contribution in [0.25, 0.3) is 27.8 Å². The van der Waals surface area contributed by atoms with E-state index in [-0.39, 0.29) is 22.6 Å². The van der Waals surface area contributed by atoms with E-state index in [4.69, 9.17) is 37.2 Å². The number of aliphatic imine (C=N–C) groups is 2. The molecule has 0 fully saturated rings. The van der Waals surface area contributed by atoms with Gasteiger partial charge in [0, 0.05) is 23.9 Å². The zero-order chi connectivity index (χ0) is 28.4. The van der Waals surface area contributed by atoms with Crippen molar-refractivity contribution in [3.05, 3.63) is 116 Å². The molecule has 0 amide bonds. The third kappa shape index (κ3) is 5.13. The van der Waals surface area contributed by atoms with E-state index in [1.54, 1.807) is 73.8 Å². The number of amidine groups is 1. The Morgan fingerprint density at radius 1 is 1.15 bits per heavy atom. The average molecular weight is 557 g/mol. The summed E-state index contributed by atoms with van der Waals surface area (Å²) in [6.45, 7) is 1.77. The van der Waals surface area contributed by atoms with E-state index in [9.17, 15) is 9.18 Å². The molecule has 4 aromatic rings. The Labute approximate surface area is 235 Å². The highest BCUT2D eigenvalue weighted by Gasteiger charge is 2.24. The standard InChI is InChI=1S/C31H26ClFN4O3/c1-17(30-26(18-7-5-8-20(33)15-18)29(38)21-9-3-4-11-24(21)40-30)37-31-27(23(34)10-6-14-36-31)28(35)19-12-13-22(32)25(16-19)39-2/h3-5,7-17H,6,34-35H2,1-2H3. The van der Waals surface area contributed by atoms with Gasteiger partial charge in [-0.25, -0.2) is 9.38 Å². The topological polar surface area (TPSA) is 116 Å². The first kappa shape index (κ1) is 26.9. The maximum absolute atomic E-state index is 14.2. The van der Waals surface area contributed by atoms with Crippen LogP contribution in [0.2, 0.25) is 5.02 Å². The summed E-state index contributed by atoms with van der Waals surface area (Å²) < 4.78 is 25.8. The van der Waals surface area contributed by atoms with Crippen molar-refractivity contribution in [2.45, 2.75) is 19.4 Å². The fraction of sp³-hybridized carbons (Fsp3) is 0.129. The number of fused-ring (bicyclic) bond motifs is 1. The van der Waals surface area contributed by atoms with Crippen LogP contribution in [-0.2, 0) is 0 Å². The number of nitrogens with two attached hydrogens (primary N) is 2. The molecule has 1 aliphatic heterocycles. The van der Waals surface area contributed by atoms with Gasteiger partial charge in [-0.1, -0.05) is 48.0 Å².